The molecule has 2 aromatic rings. The smallest absolute Gasteiger partial charge is 0.257 e. The van der Waals surface area contributed by atoms with E-state index < -0.39 is 0 Å². The summed E-state index contributed by atoms with van der Waals surface area (Å²) in [6.45, 7) is 2.50. The van der Waals surface area contributed by atoms with Crippen molar-refractivity contribution in [2.24, 2.45) is 5.92 Å². The van der Waals surface area contributed by atoms with Crippen LogP contribution in [0.3, 0.4) is 0 Å². The number of thiophene rings is 1. The number of carbonyl (C=O) groups excluding carboxylic acids is 2. The molecule has 0 radical (unpaired) electrons. The summed E-state index contributed by atoms with van der Waals surface area (Å²) in [4.78, 5) is 24.6. The van der Waals surface area contributed by atoms with E-state index in [0.717, 1.165) is 13.1 Å². The fourth-order valence-corrected chi connectivity index (χ4v) is 3.23. The lowest BCUT2D eigenvalue weighted by Crippen LogP contribution is -2.48. The van der Waals surface area contributed by atoms with Crippen molar-refractivity contribution >= 4 is 39.8 Å². The molecule has 2 heterocycles. The average molecular weight is 350 g/mol. The molecule has 1 saturated heterocycles. The van der Waals surface area contributed by atoms with Gasteiger partial charge in [0.05, 0.1) is 16.1 Å². The molecular weight excluding hydrogens is 334 g/mol. The van der Waals surface area contributed by atoms with Crippen LogP contribution in [0.15, 0.2) is 35.7 Å². The Morgan fingerprint density at radius 3 is 2.65 bits per heavy atom. The largest absolute Gasteiger partial charge is 0.352 e. The first-order valence-electron chi connectivity index (χ1n) is 7.27. The number of carbonyl (C=O) groups is 2. The van der Waals surface area contributed by atoms with Crippen LogP contribution in [0, 0.1) is 5.92 Å². The molecule has 0 bridgehead atoms. The van der Waals surface area contributed by atoms with Crippen LogP contribution in [0.5, 0.6) is 0 Å². The molecule has 3 rings (SSSR count). The minimum absolute atomic E-state index is 0.174. The molecule has 23 heavy (non-hydrogen) atoms. The number of halogens is 1. The van der Waals surface area contributed by atoms with Crippen molar-refractivity contribution in [1.82, 2.24) is 10.6 Å². The number of hydrogen-bond donors (Lipinski definition) is 3. The van der Waals surface area contributed by atoms with Gasteiger partial charge in [-0.25, -0.2) is 0 Å². The quantitative estimate of drug-likeness (QED) is 0.777. The molecule has 1 aliphatic heterocycles. The van der Waals surface area contributed by atoms with Crippen molar-refractivity contribution in [2.45, 2.75) is 0 Å². The van der Waals surface area contributed by atoms with E-state index in [1.54, 1.807) is 35.7 Å². The Balaban J connectivity index is 1.67. The van der Waals surface area contributed by atoms with E-state index in [9.17, 15) is 9.59 Å². The zero-order valence-corrected chi connectivity index (χ0v) is 13.8. The topological polar surface area (TPSA) is 70.2 Å². The first-order valence-corrected chi connectivity index (χ1v) is 8.53. The molecule has 3 N–H and O–H groups in total. The van der Waals surface area contributed by atoms with Crippen molar-refractivity contribution in [3.05, 3.63) is 51.9 Å². The van der Waals surface area contributed by atoms with Crippen LogP contribution >= 0.6 is 22.9 Å². The van der Waals surface area contributed by atoms with Gasteiger partial charge in [0.25, 0.3) is 11.8 Å². The highest BCUT2D eigenvalue weighted by molar-refractivity contribution is 7.14. The predicted molar refractivity (Wildman–Crippen MR) is 92.4 cm³/mol. The Hall–Kier alpha value is -1.89. The number of nitrogens with one attached hydrogen (secondary N) is 3. The first-order chi connectivity index (χ1) is 11.1. The first kappa shape index (κ1) is 16.0. The number of hydrogen-bond acceptors (Lipinski definition) is 4. The van der Waals surface area contributed by atoms with Crippen molar-refractivity contribution in [3.63, 3.8) is 0 Å². The van der Waals surface area contributed by atoms with Crippen LogP contribution in [0.4, 0.5) is 5.00 Å². The average Bonchev–Trinajstić information content (AvgIpc) is 2.94. The highest BCUT2D eigenvalue weighted by Crippen LogP contribution is 2.25. The van der Waals surface area contributed by atoms with Crippen LogP contribution in [0.25, 0.3) is 0 Å². The molecule has 1 aromatic heterocycles. The Labute approximate surface area is 143 Å². The van der Waals surface area contributed by atoms with Gasteiger partial charge in [0.2, 0.25) is 0 Å². The van der Waals surface area contributed by atoms with Crippen LogP contribution in [0.1, 0.15) is 20.7 Å². The van der Waals surface area contributed by atoms with Gasteiger partial charge in [-0.1, -0.05) is 23.7 Å². The predicted octanol–water partition coefficient (Wildman–Crippen LogP) is 2.60. The van der Waals surface area contributed by atoms with Gasteiger partial charge in [-0.05, 0) is 23.6 Å². The Kier molecular flexibility index (Phi) is 4.95. The van der Waals surface area contributed by atoms with E-state index in [1.165, 1.54) is 11.3 Å². The fourth-order valence-electron chi connectivity index (χ4n) is 2.23. The molecule has 5 nitrogen and oxygen atoms in total. The molecule has 0 spiro atoms. The summed E-state index contributed by atoms with van der Waals surface area (Å²) in [5.41, 5.74) is 0.858. The second kappa shape index (κ2) is 7.12. The third-order valence-corrected chi connectivity index (χ3v) is 4.83. The maximum atomic E-state index is 12.3. The normalized spacial score (nSPS) is 14.1. The molecule has 0 aliphatic carbocycles. The summed E-state index contributed by atoms with van der Waals surface area (Å²) in [5.74, 6) is -0.0124. The van der Waals surface area contributed by atoms with Crippen LogP contribution < -0.4 is 16.0 Å². The van der Waals surface area contributed by atoms with Crippen molar-refractivity contribution in [2.75, 3.05) is 25.0 Å². The van der Waals surface area contributed by atoms with E-state index in [2.05, 4.69) is 16.0 Å². The molecule has 1 aliphatic rings. The maximum absolute atomic E-state index is 12.3. The SMILES string of the molecule is O=C(Nc1sccc1C(=O)NCC1CNC1)c1ccccc1Cl. The van der Waals surface area contributed by atoms with Crippen LogP contribution in [-0.2, 0) is 0 Å². The molecule has 0 unspecified atom stereocenters. The maximum Gasteiger partial charge on any atom is 0.257 e. The minimum atomic E-state index is -0.324. The van der Waals surface area contributed by atoms with Gasteiger partial charge in [0, 0.05) is 25.6 Å². The molecule has 1 fully saturated rings. The van der Waals surface area contributed by atoms with Gasteiger partial charge >= 0.3 is 0 Å². The van der Waals surface area contributed by atoms with Gasteiger partial charge in [0.1, 0.15) is 5.00 Å². The Morgan fingerprint density at radius 2 is 1.96 bits per heavy atom. The molecule has 120 valence electrons. The second-order valence-corrected chi connectivity index (χ2v) is 6.65. The fraction of sp³-hybridized carbons (Fsp3) is 0.250. The number of benzene rings is 1. The lowest BCUT2D eigenvalue weighted by molar-refractivity contribution is 0.0943. The van der Waals surface area contributed by atoms with Gasteiger partial charge in [0.15, 0.2) is 0 Å². The monoisotopic (exact) mass is 349 g/mol. The number of amides is 2. The van der Waals surface area contributed by atoms with Gasteiger partial charge in [-0.15, -0.1) is 11.3 Å². The zero-order valence-electron chi connectivity index (χ0n) is 12.3. The molecular formula is C16H16ClN3O2S. The zero-order chi connectivity index (χ0) is 16.2. The minimum Gasteiger partial charge on any atom is -0.352 e. The third kappa shape index (κ3) is 3.72. The van der Waals surface area contributed by atoms with E-state index >= 15 is 0 Å². The lowest BCUT2D eigenvalue weighted by Gasteiger charge is -2.27. The van der Waals surface area contributed by atoms with Crippen molar-refractivity contribution in [1.29, 1.82) is 0 Å². The van der Waals surface area contributed by atoms with E-state index in [4.69, 9.17) is 11.6 Å². The highest BCUT2D eigenvalue weighted by atomic mass is 35.5. The summed E-state index contributed by atoms with van der Waals surface area (Å²) in [7, 11) is 0. The molecule has 2 amide bonds. The second-order valence-electron chi connectivity index (χ2n) is 5.33. The Bertz CT molecular complexity index is 728. The van der Waals surface area contributed by atoms with E-state index in [-0.39, 0.29) is 11.8 Å². The van der Waals surface area contributed by atoms with Gasteiger partial charge in [-0.3, -0.25) is 9.59 Å². The summed E-state index contributed by atoms with van der Waals surface area (Å²) in [6.07, 6.45) is 0. The summed E-state index contributed by atoms with van der Waals surface area (Å²) < 4.78 is 0. The number of rotatable bonds is 5. The third-order valence-electron chi connectivity index (χ3n) is 3.67. The highest BCUT2D eigenvalue weighted by Gasteiger charge is 2.20. The molecule has 7 heteroatoms. The van der Waals surface area contributed by atoms with Crippen molar-refractivity contribution < 1.29 is 9.59 Å². The summed E-state index contributed by atoms with van der Waals surface area (Å²) in [5, 5.41) is 11.5. The van der Waals surface area contributed by atoms with Crippen molar-refractivity contribution in [3.8, 4) is 0 Å². The summed E-state index contributed by atoms with van der Waals surface area (Å²) >= 11 is 7.34. The molecule has 0 saturated carbocycles. The van der Waals surface area contributed by atoms with Gasteiger partial charge in [-0.2, -0.15) is 0 Å². The van der Waals surface area contributed by atoms with Gasteiger partial charge < -0.3 is 16.0 Å². The Morgan fingerprint density at radius 1 is 1.17 bits per heavy atom. The number of anilines is 1. The standard InChI is InChI=1S/C16H16ClN3O2S/c17-13-4-2-1-3-11(13)15(22)20-16-12(5-6-23-16)14(21)19-9-10-7-18-8-10/h1-6,10,18H,7-9H2,(H,19,21)(H,20,22). The molecule has 1 aromatic carbocycles. The summed E-state index contributed by atoms with van der Waals surface area (Å²) in [6, 6.07) is 8.52. The van der Waals surface area contributed by atoms with Crippen LogP contribution in [-0.4, -0.2) is 31.4 Å². The van der Waals surface area contributed by atoms with Crippen LogP contribution in [0.2, 0.25) is 5.02 Å². The molecule has 0 atom stereocenters. The van der Waals surface area contributed by atoms with E-state index in [1.807, 2.05) is 0 Å². The van der Waals surface area contributed by atoms with E-state index in [0.29, 0.717) is 33.6 Å². The lowest BCUT2D eigenvalue weighted by atomic mass is 10.0.